The van der Waals surface area contributed by atoms with E-state index in [2.05, 4.69) is 99.5 Å². The van der Waals surface area contributed by atoms with Crippen LogP contribution in [0.25, 0.3) is 0 Å². The maximum Gasteiger partial charge on any atom is 0.203 e. The molecule has 0 spiro atoms. The number of hydrogen-bond acceptors (Lipinski definition) is 10. The van der Waals surface area contributed by atoms with Crippen molar-refractivity contribution in [2.24, 2.45) is 0 Å². The summed E-state index contributed by atoms with van der Waals surface area (Å²) in [4.78, 5) is 8.70. The van der Waals surface area contributed by atoms with Crippen molar-refractivity contribution in [1.29, 1.82) is 0 Å². The van der Waals surface area contributed by atoms with Crippen LogP contribution in [0.3, 0.4) is 0 Å². The van der Waals surface area contributed by atoms with Crippen LogP contribution in [0.4, 0.5) is 0 Å². The molecular weight excluding hydrogens is 1570 g/mol. The van der Waals surface area contributed by atoms with Crippen LogP contribution in [-0.2, 0) is 13.2 Å². The van der Waals surface area contributed by atoms with Crippen molar-refractivity contribution in [1.82, 2.24) is 9.97 Å². The Morgan fingerprint density at radius 1 is 0.180 bits per heavy atom. The maximum absolute atomic E-state index is 7.18. The number of benzene rings is 3. The van der Waals surface area contributed by atoms with Gasteiger partial charge in [0.1, 0.15) is 24.7 Å². The van der Waals surface area contributed by atoms with Crippen LogP contribution in [-0.4, -0.2) is 49.6 Å². The molecule has 10 heteroatoms. The minimum absolute atomic E-state index is 0.210. The highest BCUT2D eigenvalue weighted by Gasteiger charge is 2.22. The van der Waals surface area contributed by atoms with E-state index in [1.807, 2.05) is 36.4 Å². The quantitative estimate of drug-likeness (QED) is 0.0276. The number of hydrogen-bond donors (Lipinski definition) is 0. The van der Waals surface area contributed by atoms with Crippen LogP contribution in [0.2, 0.25) is 0 Å². The summed E-state index contributed by atoms with van der Waals surface area (Å²) in [5, 5.41) is 0. The molecule has 0 unspecified atom stereocenters. The summed E-state index contributed by atoms with van der Waals surface area (Å²) in [5.41, 5.74) is 4.86. The highest BCUT2D eigenvalue weighted by molar-refractivity contribution is 5.61. The fourth-order valence-electron chi connectivity index (χ4n) is 17.3. The molecule has 2 aromatic heterocycles. The molecule has 0 saturated carbocycles. The van der Waals surface area contributed by atoms with Crippen LogP contribution in [0, 0.1) is 23.7 Å². The Morgan fingerprint density at radius 2 is 0.352 bits per heavy atom. The van der Waals surface area contributed by atoms with Gasteiger partial charge in [-0.25, -0.2) is 0 Å². The zero-order valence-corrected chi connectivity index (χ0v) is 83.8. The lowest BCUT2D eigenvalue weighted by Gasteiger charge is -2.20. The lowest BCUT2D eigenvalue weighted by molar-refractivity contribution is 0.232. The number of nitrogens with zero attached hydrogens (tertiary/aromatic N) is 2. The normalized spacial score (nSPS) is 11.2. The Bertz CT molecular complexity index is 3130. The maximum atomic E-state index is 7.18. The molecule has 0 amide bonds. The molecule has 0 aliphatic heterocycles. The van der Waals surface area contributed by atoms with Gasteiger partial charge in [0.2, 0.25) is 11.5 Å². The van der Waals surface area contributed by atoms with Gasteiger partial charge in [-0.3, -0.25) is 9.97 Å². The molecule has 722 valence electrons. The molecule has 3 aromatic carbocycles. The van der Waals surface area contributed by atoms with E-state index in [0.717, 1.165) is 122 Å². The number of pyridine rings is 2. The average molecular weight is 1770 g/mol. The molecule has 0 N–H and O–H groups in total. The number of unbranched alkanes of at least 4 members (excludes halogenated alkanes) is 66. The summed E-state index contributed by atoms with van der Waals surface area (Å²) in [7, 11) is 0. The third-order valence-electron chi connectivity index (χ3n) is 25.6. The zero-order valence-electron chi connectivity index (χ0n) is 83.8. The molecule has 0 atom stereocenters. The summed E-state index contributed by atoms with van der Waals surface area (Å²) >= 11 is 0. The van der Waals surface area contributed by atoms with Crippen molar-refractivity contribution >= 4 is 0 Å². The number of rotatable bonds is 90. The van der Waals surface area contributed by atoms with Crippen LogP contribution in [0.15, 0.2) is 85.5 Å². The van der Waals surface area contributed by atoms with Gasteiger partial charge in [-0.1, -0.05) is 489 Å². The van der Waals surface area contributed by atoms with E-state index in [0.29, 0.717) is 73.8 Å². The summed E-state index contributed by atoms with van der Waals surface area (Å²) in [6, 6.07) is 20.4. The van der Waals surface area contributed by atoms with Gasteiger partial charge in [0, 0.05) is 48.0 Å². The fraction of sp³-hybridized carbons (Fsp3) is 0.729. The van der Waals surface area contributed by atoms with Crippen LogP contribution in [0.5, 0.6) is 46.0 Å². The summed E-state index contributed by atoms with van der Waals surface area (Å²) < 4.78 is 56.1. The van der Waals surface area contributed by atoms with Gasteiger partial charge in [0.25, 0.3) is 0 Å². The molecule has 0 bridgehead atoms. The van der Waals surface area contributed by atoms with Gasteiger partial charge in [0.15, 0.2) is 23.0 Å². The van der Waals surface area contributed by atoms with E-state index in [9.17, 15) is 0 Å². The molecule has 0 aliphatic rings. The smallest absolute Gasteiger partial charge is 0.203 e. The molecule has 128 heavy (non-hydrogen) atoms. The molecule has 5 rings (SSSR count). The first kappa shape index (κ1) is 112. The van der Waals surface area contributed by atoms with Crippen molar-refractivity contribution in [3.8, 4) is 69.7 Å². The van der Waals surface area contributed by atoms with Crippen LogP contribution < -0.4 is 37.9 Å². The SMILES string of the molecule is CCCCCCCCCCCCCCOc1cc(COc2cc(C#Cc3ccncc3)c(OCc3cc(OCCCCCCCCCCCCCC)c(OCCCCCCCCCCCCCC)c(OCCCCCCCCCCCCCC)c3)cc2C#Cc2ccncc2)cc(OCCCCCCCCCCCCCC)c1OCCCCCCCCCCCCCC. The van der Waals surface area contributed by atoms with Crippen molar-refractivity contribution < 1.29 is 37.9 Å². The van der Waals surface area contributed by atoms with Gasteiger partial charge >= 0.3 is 0 Å². The lowest BCUT2D eigenvalue weighted by atomic mass is 10.1. The van der Waals surface area contributed by atoms with Crippen molar-refractivity contribution in [2.75, 3.05) is 39.6 Å². The molecular formula is C118H192N2O8. The molecule has 10 nitrogen and oxygen atoms in total. The standard InChI is InChI=1S/C118H192N2O8/c1-7-13-19-25-31-37-43-49-55-61-67-73-91-121-113-97-107(98-114(122-92-74-68-62-56-50-44-38-32-26-20-14-8-2)117(113)125-95-77-71-65-59-53-47-41-35-29-23-17-11-5)103-127-111-101-110(82-80-106-85-89-120-90-86-106)112(102-109(111)81-79-105-83-87-119-88-84-105)128-104-108-99-115(123-93-75-69-63-57-51-45-39-33-27-21-15-9-3)118(126-96-78-72-66-60-54-48-42-36-30-24-18-12-6)116(100-108)124-94-76-70-64-58-52-46-40-34-28-22-16-10-4/h83-90,97-102H,7-78,91-96,103-104H2,1-6H3. The predicted octanol–water partition coefficient (Wildman–Crippen LogP) is 36.9. The van der Waals surface area contributed by atoms with E-state index in [1.165, 1.54) is 385 Å². The van der Waals surface area contributed by atoms with E-state index in [1.54, 1.807) is 24.8 Å². The first-order valence-electron chi connectivity index (χ1n) is 54.9. The second-order valence-electron chi connectivity index (χ2n) is 37.7. The van der Waals surface area contributed by atoms with Gasteiger partial charge in [-0.15, -0.1) is 0 Å². The molecule has 0 fully saturated rings. The highest BCUT2D eigenvalue weighted by atomic mass is 16.6. The molecule has 2 heterocycles. The molecule has 0 aliphatic carbocycles. The number of aromatic nitrogens is 2. The minimum Gasteiger partial charge on any atom is -0.490 e. The Balaban J connectivity index is 1.51. The molecule has 0 radical (unpaired) electrons. The minimum atomic E-state index is 0.210. The average Bonchev–Trinajstić information content (AvgIpc) is 0.814. The zero-order chi connectivity index (χ0) is 90.5. The Hall–Kier alpha value is -6.52. The second-order valence-corrected chi connectivity index (χ2v) is 37.7. The van der Waals surface area contributed by atoms with Gasteiger partial charge in [0.05, 0.1) is 50.8 Å². The summed E-state index contributed by atoms with van der Waals surface area (Å²) in [6.07, 6.45) is 99.9. The van der Waals surface area contributed by atoms with E-state index >= 15 is 0 Å². The second kappa shape index (κ2) is 83.5. The van der Waals surface area contributed by atoms with Gasteiger partial charge < -0.3 is 37.9 Å². The molecule has 0 saturated heterocycles. The fourth-order valence-corrected chi connectivity index (χ4v) is 17.3. The Morgan fingerprint density at radius 3 is 0.539 bits per heavy atom. The number of ether oxygens (including phenoxy) is 8. The van der Waals surface area contributed by atoms with Crippen molar-refractivity contribution in [2.45, 2.75) is 517 Å². The lowest BCUT2D eigenvalue weighted by Crippen LogP contribution is -2.08. The van der Waals surface area contributed by atoms with E-state index < -0.39 is 0 Å². The van der Waals surface area contributed by atoms with Gasteiger partial charge in [-0.05, 0) is 98.2 Å². The van der Waals surface area contributed by atoms with Crippen molar-refractivity contribution in [3.05, 3.63) is 119 Å². The summed E-state index contributed by atoms with van der Waals surface area (Å²) in [5.74, 6) is 19.5. The van der Waals surface area contributed by atoms with Crippen LogP contribution in [0.1, 0.15) is 537 Å². The van der Waals surface area contributed by atoms with Gasteiger partial charge in [-0.2, -0.15) is 0 Å². The molecule has 5 aromatic rings. The third kappa shape index (κ3) is 59.8. The largest absolute Gasteiger partial charge is 0.490 e. The van der Waals surface area contributed by atoms with E-state index in [-0.39, 0.29) is 13.2 Å². The monoisotopic (exact) mass is 1770 g/mol. The highest BCUT2D eigenvalue weighted by Crippen LogP contribution is 2.43. The summed E-state index contributed by atoms with van der Waals surface area (Å²) in [6.45, 7) is 17.9. The topological polar surface area (TPSA) is 99.6 Å². The third-order valence-corrected chi connectivity index (χ3v) is 25.6. The Labute approximate surface area is 788 Å². The predicted molar refractivity (Wildman–Crippen MR) is 548 cm³/mol. The van der Waals surface area contributed by atoms with E-state index in [4.69, 9.17) is 37.9 Å². The Kier molecular flexibility index (Phi) is 73.1. The van der Waals surface area contributed by atoms with Crippen molar-refractivity contribution in [3.63, 3.8) is 0 Å². The first-order valence-corrected chi connectivity index (χ1v) is 54.9. The first-order chi connectivity index (χ1) is 63.5. The van der Waals surface area contributed by atoms with Crippen LogP contribution >= 0.6 is 0 Å².